The van der Waals surface area contributed by atoms with Gasteiger partial charge in [-0.05, 0) is 56.1 Å². The van der Waals surface area contributed by atoms with Gasteiger partial charge in [-0.1, -0.05) is 30.7 Å². The topological polar surface area (TPSA) is 113 Å². The molecular formula is C22H24N2O6. The Kier molecular flexibility index (Phi) is 7.11. The zero-order valence-electron chi connectivity index (χ0n) is 16.6. The van der Waals surface area contributed by atoms with E-state index in [9.17, 15) is 25.0 Å². The first-order chi connectivity index (χ1) is 14.4. The molecule has 4 rings (SSSR count). The molecule has 0 radical (unpaired) electrons. The summed E-state index contributed by atoms with van der Waals surface area (Å²) in [7, 11) is 0. The SMILES string of the molecule is O=C(O[C@H]1CCCCCc2ccc(cc2)CCC1)c1cc([N+](=O)[O-])cc([N+](=O)[O-])c1. The molecule has 2 bridgehead atoms. The second kappa shape index (κ2) is 9.96. The van der Waals surface area contributed by atoms with Gasteiger partial charge in [-0.15, -0.1) is 0 Å². The van der Waals surface area contributed by atoms with Gasteiger partial charge in [0.2, 0.25) is 0 Å². The summed E-state index contributed by atoms with van der Waals surface area (Å²) in [6, 6.07) is 11.5. The van der Waals surface area contributed by atoms with Gasteiger partial charge < -0.3 is 4.74 Å². The summed E-state index contributed by atoms with van der Waals surface area (Å²) in [5.74, 6) is -0.764. The monoisotopic (exact) mass is 412 g/mol. The van der Waals surface area contributed by atoms with Gasteiger partial charge in [0.15, 0.2) is 0 Å². The molecule has 2 aromatic rings. The van der Waals surface area contributed by atoms with E-state index in [1.54, 1.807) is 0 Å². The number of esters is 1. The fraction of sp³-hybridized carbons (Fsp3) is 0.409. The van der Waals surface area contributed by atoms with E-state index in [0.29, 0.717) is 12.8 Å². The molecule has 0 saturated heterocycles. The molecule has 1 atom stereocenters. The van der Waals surface area contributed by atoms with E-state index >= 15 is 0 Å². The normalized spacial score (nSPS) is 17.3. The summed E-state index contributed by atoms with van der Waals surface area (Å²) in [4.78, 5) is 33.2. The second-order valence-corrected chi connectivity index (χ2v) is 7.59. The van der Waals surface area contributed by atoms with Crippen molar-refractivity contribution in [3.05, 3.63) is 79.4 Å². The number of hydrogen-bond acceptors (Lipinski definition) is 6. The molecule has 0 spiro atoms. The molecule has 0 fully saturated rings. The highest BCUT2D eigenvalue weighted by Gasteiger charge is 2.23. The summed E-state index contributed by atoms with van der Waals surface area (Å²) in [6.45, 7) is 0. The van der Waals surface area contributed by atoms with Crippen molar-refractivity contribution in [3.8, 4) is 0 Å². The zero-order valence-corrected chi connectivity index (χ0v) is 16.6. The van der Waals surface area contributed by atoms with Crippen LogP contribution in [0.15, 0.2) is 42.5 Å². The van der Waals surface area contributed by atoms with Gasteiger partial charge in [-0.2, -0.15) is 0 Å². The van der Waals surface area contributed by atoms with E-state index < -0.39 is 27.2 Å². The number of benzene rings is 2. The lowest BCUT2D eigenvalue weighted by Crippen LogP contribution is -2.19. The van der Waals surface area contributed by atoms with Crippen LogP contribution in [-0.2, 0) is 17.6 Å². The number of carbonyl (C=O) groups excluding carboxylic acids is 1. The molecule has 0 amide bonds. The third-order valence-corrected chi connectivity index (χ3v) is 5.34. The predicted octanol–water partition coefficient (Wildman–Crippen LogP) is 5.17. The van der Waals surface area contributed by atoms with Crippen molar-refractivity contribution >= 4 is 17.3 Å². The van der Waals surface area contributed by atoms with Crippen LogP contribution in [-0.4, -0.2) is 21.9 Å². The first-order valence-electron chi connectivity index (χ1n) is 10.1. The molecule has 0 unspecified atom stereocenters. The minimum absolute atomic E-state index is 0.172. The highest BCUT2D eigenvalue weighted by molar-refractivity contribution is 5.91. The van der Waals surface area contributed by atoms with Crippen LogP contribution in [0, 0.1) is 20.2 Å². The molecule has 0 heterocycles. The average Bonchev–Trinajstić information content (AvgIpc) is 2.76. The van der Waals surface area contributed by atoms with Crippen molar-refractivity contribution in [1.82, 2.24) is 0 Å². The van der Waals surface area contributed by atoms with Crippen molar-refractivity contribution in [2.75, 3.05) is 0 Å². The van der Waals surface area contributed by atoms with Gasteiger partial charge in [-0.3, -0.25) is 20.2 Å². The first kappa shape index (κ1) is 21.4. The number of hydrogen-bond donors (Lipinski definition) is 0. The van der Waals surface area contributed by atoms with Gasteiger partial charge in [-0.25, -0.2) is 4.79 Å². The number of nitro groups is 2. The van der Waals surface area contributed by atoms with Gasteiger partial charge in [0, 0.05) is 12.1 Å². The van der Waals surface area contributed by atoms with E-state index in [1.807, 2.05) is 0 Å². The molecule has 158 valence electrons. The lowest BCUT2D eigenvalue weighted by Gasteiger charge is -2.18. The van der Waals surface area contributed by atoms with Crippen LogP contribution in [0.25, 0.3) is 0 Å². The molecule has 2 aliphatic carbocycles. The Labute approximate surface area is 174 Å². The molecular weight excluding hydrogens is 388 g/mol. The predicted molar refractivity (Wildman–Crippen MR) is 111 cm³/mol. The van der Waals surface area contributed by atoms with Crippen molar-refractivity contribution < 1.29 is 19.4 Å². The number of non-ortho nitro benzene ring substituents is 2. The number of aryl methyl sites for hydroxylation is 2. The van der Waals surface area contributed by atoms with Gasteiger partial charge in [0.25, 0.3) is 11.4 Å². The lowest BCUT2D eigenvalue weighted by molar-refractivity contribution is -0.394. The number of ether oxygens (including phenoxy) is 1. The second-order valence-electron chi connectivity index (χ2n) is 7.59. The van der Waals surface area contributed by atoms with Crippen LogP contribution in [0.2, 0.25) is 0 Å². The number of fused-ring (bicyclic) bond motifs is 10. The molecule has 8 nitrogen and oxygen atoms in total. The Hall–Kier alpha value is -3.29. The maximum atomic E-state index is 12.6. The summed E-state index contributed by atoms with van der Waals surface area (Å²) >= 11 is 0. The minimum atomic E-state index is -0.764. The maximum absolute atomic E-state index is 12.6. The molecule has 2 aromatic carbocycles. The Balaban J connectivity index is 1.71. The van der Waals surface area contributed by atoms with E-state index in [-0.39, 0.29) is 11.7 Å². The van der Waals surface area contributed by atoms with Crippen molar-refractivity contribution in [2.45, 2.75) is 57.5 Å². The first-order valence-corrected chi connectivity index (χ1v) is 10.1. The van der Waals surface area contributed by atoms with Gasteiger partial charge in [0.1, 0.15) is 6.10 Å². The summed E-state index contributed by atoms with van der Waals surface area (Å²) in [5.41, 5.74) is 1.38. The number of carbonyl (C=O) groups is 1. The van der Waals surface area contributed by atoms with Crippen molar-refractivity contribution in [2.24, 2.45) is 0 Å². The van der Waals surface area contributed by atoms with E-state index in [1.165, 1.54) is 11.1 Å². The summed E-state index contributed by atoms with van der Waals surface area (Å²) < 4.78 is 5.63. The Bertz CT molecular complexity index is 893. The van der Waals surface area contributed by atoms with Crippen LogP contribution < -0.4 is 0 Å². The Morgan fingerprint density at radius 1 is 0.800 bits per heavy atom. The lowest BCUT2D eigenvalue weighted by atomic mass is 10.0. The van der Waals surface area contributed by atoms with Crippen molar-refractivity contribution in [1.29, 1.82) is 0 Å². The smallest absolute Gasteiger partial charge is 0.338 e. The maximum Gasteiger partial charge on any atom is 0.338 e. The van der Waals surface area contributed by atoms with E-state index in [0.717, 1.165) is 56.7 Å². The van der Waals surface area contributed by atoms with Crippen LogP contribution >= 0.6 is 0 Å². The summed E-state index contributed by atoms with van der Waals surface area (Å²) in [5, 5.41) is 22.1. The third kappa shape index (κ3) is 5.85. The van der Waals surface area contributed by atoms with Gasteiger partial charge >= 0.3 is 5.97 Å². The van der Waals surface area contributed by atoms with Gasteiger partial charge in [0.05, 0.1) is 21.5 Å². The average molecular weight is 412 g/mol. The third-order valence-electron chi connectivity index (χ3n) is 5.34. The highest BCUT2D eigenvalue weighted by atomic mass is 16.6. The Morgan fingerprint density at radius 2 is 1.33 bits per heavy atom. The molecule has 0 aliphatic heterocycles. The van der Waals surface area contributed by atoms with E-state index in [4.69, 9.17) is 4.74 Å². The largest absolute Gasteiger partial charge is 0.459 e. The zero-order chi connectivity index (χ0) is 21.5. The number of rotatable bonds is 4. The quantitative estimate of drug-likeness (QED) is 0.389. The van der Waals surface area contributed by atoms with Crippen LogP contribution in [0.3, 0.4) is 0 Å². The van der Waals surface area contributed by atoms with Crippen molar-refractivity contribution in [3.63, 3.8) is 0 Å². The van der Waals surface area contributed by atoms with Crippen LogP contribution in [0.5, 0.6) is 0 Å². The van der Waals surface area contributed by atoms with E-state index in [2.05, 4.69) is 24.3 Å². The summed E-state index contributed by atoms with van der Waals surface area (Å²) in [6.07, 6.45) is 6.75. The molecule has 0 aromatic heterocycles. The Morgan fingerprint density at radius 3 is 1.90 bits per heavy atom. The fourth-order valence-electron chi connectivity index (χ4n) is 3.69. The molecule has 2 aliphatic rings. The molecule has 30 heavy (non-hydrogen) atoms. The van der Waals surface area contributed by atoms with Crippen LogP contribution in [0.4, 0.5) is 11.4 Å². The molecule has 8 heteroatoms. The molecule has 0 N–H and O–H groups in total. The number of nitrogens with zero attached hydrogens (tertiary/aromatic N) is 2. The molecule has 0 saturated carbocycles. The fourth-order valence-corrected chi connectivity index (χ4v) is 3.69. The standard InChI is InChI=1S/C22H24N2O6/c25-22(18-13-19(23(26)27)15-20(14-18)24(28)29)30-21-7-3-1-2-5-16-9-11-17(12-10-16)6-4-8-21/h9-15,21H,1-8H2/t21-/m0/s1. The van der Waals surface area contributed by atoms with Crippen LogP contribution in [0.1, 0.15) is 60.0 Å². The number of nitro benzene ring substituents is 2. The highest BCUT2D eigenvalue weighted by Crippen LogP contribution is 2.25. The minimum Gasteiger partial charge on any atom is -0.459 e.